The molecular weight excluding hydrogens is 275 g/mol. The van der Waals surface area contributed by atoms with E-state index >= 15 is 0 Å². The van der Waals surface area contributed by atoms with Crippen LogP contribution in [0, 0.1) is 0 Å². The maximum absolute atomic E-state index is 11.6. The molecule has 18 heavy (non-hydrogen) atoms. The van der Waals surface area contributed by atoms with Crippen molar-refractivity contribution in [3.05, 3.63) is 46.9 Å². The fourth-order valence-electron chi connectivity index (χ4n) is 1.66. The Morgan fingerprint density at radius 2 is 1.94 bits per heavy atom. The quantitative estimate of drug-likeness (QED) is 0.319. The third-order valence-electron chi connectivity index (χ3n) is 2.42. The Hall–Kier alpha value is -0.574. The topological polar surface area (TPSA) is 63.6 Å². The summed E-state index contributed by atoms with van der Waals surface area (Å²) in [6, 6.07) is 9.47. The van der Waals surface area contributed by atoms with Crippen molar-refractivity contribution in [2.75, 3.05) is 0 Å². The zero-order chi connectivity index (χ0) is 11.8. The third kappa shape index (κ3) is 2.42. The Labute approximate surface area is 150 Å². The van der Waals surface area contributed by atoms with E-state index in [0.29, 0.717) is 11.0 Å². The van der Waals surface area contributed by atoms with Gasteiger partial charge < -0.3 is 17.6 Å². The van der Waals surface area contributed by atoms with Crippen molar-refractivity contribution in [3.63, 3.8) is 0 Å². The minimum absolute atomic E-state index is 0. The van der Waals surface area contributed by atoms with E-state index in [1.54, 1.807) is 4.68 Å². The number of fused-ring (bicyclic) bond motifs is 1. The van der Waals surface area contributed by atoms with Gasteiger partial charge in [0, 0.05) is 0 Å². The summed E-state index contributed by atoms with van der Waals surface area (Å²) in [4.78, 5) is 18.2. The summed E-state index contributed by atoms with van der Waals surface area (Å²) in [5, 5.41) is 4.76. The van der Waals surface area contributed by atoms with Crippen LogP contribution >= 0.6 is 0 Å². The van der Waals surface area contributed by atoms with Crippen LogP contribution in [0.1, 0.15) is 0 Å². The van der Waals surface area contributed by atoms with Gasteiger partial charge in [-0.1, -0.05) is 18.2 Å². The first kappa shape index (κ1) is 13.8. The van der Waals surface area contributed by atoms with Gasteiger partial charge in [-0.2, -0.15) is 5.10 Å². The monoisotopic (exact) mass is 282 g/mol. The first-order valence-corrected chi connectivity index (χ1v) is 5.37. The maximum atomic E-state index is 11.6. The SMILES string of the molecule is O=c1[nH]c([S-])nc2c1cnn2-c1ccccc1.[K+]. The first-order chi connectivity index (χ1) is 8.25. The zero-order valence-corrected chi connectivity index (χ0v) is 13.6. The predicted octanol–water partition coefficient (Wildman–Crippen LogP) is -1.98. The number of aromatic nitrogens is 4. The Morgan fingerprint density at radius 1 is 1.22 bits per heavy atom. The van der Waals surface area contributed by atoms with Gasteiger partial charge in [-0.3, -0.25) is 4.79 Å². The molecule has 7 heteroatoms. The summed E-state index contributed by atoms with van der Waals surface area (Å²) < 4.78 is 1.60. The van der Waals surface area contributed by atoms with E-state index < -0.39 is 0 Å². The molecule has 0 aliphatic rings. The van der Waals surface area contributed by atoms with Crippen LogP contribution in [0.4, 0.5) is 0 Å². The van der Waals surface area contributed by atoms with E-state index in [4.69, 9.17) is 12.6 Å². The van der Waals surface area contributed by atoms with Crippen molar-refractivity contribution < 1.29 is 51.4 Å². The van der Waals surface area contributed by atoms with E-state index in [0.717, 1.165) is 5.69 Å². The minimum Gasteiger partial charge on any atom is -0.742 e. The number of H-pyrrole nitrogens is 1. The maximum Gasteiger partial charge on any atom is 1.00 e. The molecule has 2 heterocycles. The largest absolute Gasteiger partial charge is 1.00 e. The molecule has 0 amide bonds. The average molecular weight is 282 g/mol. The third-order valence-corrected chi connectivity index (χ3v) is 2.61. The zero-order valence-electron chi connectivity index (χ0n) is 9.62. The predicted molar refractivity (Wildman–Crippen MR) is 65.1 cm³/mol. The molecule has 0 bridgehead atoms. The van der Waals surface area contributed by atoms with Gasteiger partial charge in [0.05, 0.1) is 11.9 Å². The molecule has 5 nitrogen and oxygen atoms in total. The van der Waals surface area contributed by atoms with Crippen LogP contribution < -0.4 is 56.9 Å². The van der Waals surface area contributed by atoms with Gasteiger partial charge in [0.15, 0.2) is 5.65 Å². The number of hydrogen-bond acceptors (Lipinski definition) is 4. The summed E-state index contributed by atoms with van der Waals surface area (Å²) in [6.07, 6.45) is 1.49. The van der Waals surface area contributed by atoms with Crippen LogP contribution in [0.2, 0.25) is 0 Å². The van der Waals surface area contributed by atoms with Crippen molar-refractivity contribution in [1.29, 1.82) is 0 Å². The van der Waals surface area contributed by atoms with Crippen molar-refractivity contribution in [1.82, 2.24) is 19.7 Å². The fourth-order valence-corrected chi connectivity index (χ4v) is 1.84. The van der Waals surface area contributed by atoms with Gasteiger partial charge >= 0.3 is 51.4 Å². The fraction of sp³-hybridized carbons (Fsp3) is 0. The summed E-state index contributed by atoms with van der Waals surface area (Å²) in [5.74, 6) is 0. The molecule has 0 saturated carbocycles. The molecule has 0 unspecified atom stereocenters. The van der Waals surface area contributed by atoms with Crippen molar-refractivity contribution >= 4 is 23.7 Å². The summed E-state index contributed by atoms with van der Waals surface area (Å²) >= 11 is 4.89. The number of rotatable bonds is 1. The van der Waals surface area contributed by atoms with Crippen molar-refractivity contribution in [3.8, 4) is 5.69 Å². The molecule has 0 aliphatic heterocycles. The Balaban J connectivity index is 0.00000120. The second-order valence-corrected chi connectivity index (χ2v) is 3.89. The van der Waals surface area contributed by atoms with Gasteiger partial charge in [-0.25, -0.2) is 9.67 Å². The number of nitrogens with zero attached hydrogens (tertiary/aromatic N) is 3. The van der Waals surface area contributed by atoms with Gasteiger partial charge in [0.2, 0.25) is 0 Å². The summed E-state index contributed by atoms with van der Waals surface area (Å²) in [6.45, 7) is 0. The standard InChI is InChI=1S/C11H8N4OS.K/c16-10-8-6-12-15(7-4-2-1-3-5-7)9(8)13-11(17)14-10;/h1-6H,(H2,13,14,16,17);/q;+1/p-1. The number of aromatic amines is 1. The first-order valence-electron chi connectivity index (χ1n) is 4.96. The van der Waals surface area contributed by atoms with Gasteiger partial charge in [-0.15, -0.1) is 0 Å². The molecule has 0 atom stereocenters. The van der Waals surface area contributed by atoms with Crippen LogP contribution in [0.15, 0.2) is 46.5 Å². The minimum atomic E-state index is -0.262. The van der Waals surface area contributed by atoms with Gasteiger partial charge in [0.1, 0.15) is 5.39 Å². The Kier molecular flexibility index (Phi) is 4.31. The molecule has 3 aromatic rings. The molecule has 3 rings (SSSR count). The van der Waals surface area contributed by atoms with Gasteiger partial charge in [0.25, 0.3) is 5.56 Å². The smallest absolute Gasteiger partial charge is 0.742 e. The number of hydrogen-bond donors (Lipinski definition) is 1. The molecule has 0 fully saturated rings. The number of nitrogens with one attached hydrogen (secondary N) is 1. The normalized spacial score (nSPS) is 10.2. The van der Waals surface area contributed by atoms with Crippen LogP contribution in [-0.2, 0) is 12.6 Å². The number of para-hydroxylation sites is 1. The second-order valence-electron chi connectivity index (χ2n) is 3.50. The molecule has 2 aromatic heterocycles. The number of benzene rings is 1. The van der Waals surface area contributed by atoms with Crippen LogP contribution in [-0.4, -0.2) is 19.7 Å². The van der Waals surface area contributed by atoms with E-state index in [1.807, 2.05) is 30.3 Å². The Bertz CT molecular complexity index is 738. The van der Waals surface area contributed by atoms with Crippen LogP contribution in [0.25, 0.3) is 16.7 Å². The van der Waals surface area contributed by atoms with E-state index in [9.17, 15) is 4.79 Å². The second kappa shape index (κ2) is 5.60. The average Bonchev–Trinajstić information content (AvgIpc) is 2.74. The summed E-state index contributed by atoms with van der Waals surface area (Å²) in [7, 11) is 0. The van der Waals surface area contributed by atoms with Crippen molar-refractivity contribution in [2.45, 2.75) is 5.16 Å². The molecule has 0 spiro atoms. The van der Waals surface area contributed by atoms with E-state index in [1.165, 1.54) is 6.20 Å². The molecule has 0 saturated heterocycles. The molecule has 1 aromatic carbocycles. The molecule has 1 N–H and O–H groups in total. The van der Waals surface area contributed by atoms with Gasteiger partial charge in [-0.05, 0) is 17.3 Å². The molecular formula is C11H7KN4OS. The van der Waals surface area contributed by atoms with Crippen LogP contribution in [0.5, 0.6) is 0 Å². The Morgan fingerprint density at radius 3 is 2.67 bits per heavy atom. The molecule has 84 valence electrons. The summed E-state index contributed by atoms with van der Waals surface area (Å²) in [5.41, 5.74) is 1.06. The van der Waals surface area contributed by atoms with Crippen molar-refractivity contribution in [2.24, 2.45) is 0 Å². The van der Waals surface area contributed by atoms with E-state index in [2.05, 4.69) is 15.1 Å². The van der Waals surface area contributed by atoms with Crippen LogP contribution in [0.3, 0.4) is 0 Å². The molecule has 0 radical (unpaired) electrons. The molecule has 0 aliphatic carbocycles. The van der Waals surface area contributed by atoms with E-state index in [-0.39, 0.29) is 62.1 Å².